The zero-order valence-electron chi connectivity index (χ0n) is 15.7. The molecular weight excluding hydrogens is 381 g/mol. The summed E-state index contributed by atoms with van der Waals surface area (Å²) in [4.78, 5) is 30.0. The number of guanidine groups is 1. The molecule has 0 aliphatic carbocycles. The van der Waals surface area contributed by atoms with Gasteiger partial charge in [-0.1, -0.05) is 23.4 Å². The molecule has 1 amide bonds. The van der Waals surface area contributed by atoms with E-state index in [1.54, 1.807) is 24.5 Å². The highest BCUT2D eigenvalue weighted by Crippen LogP contribution is 2.25. The van der Waals surface area contributed by atoms with Crippen LogP contribution in [-0.4, -0.2) is 47.9 Å². The highest BCUT2D eigenvalue weighted by molar-refractivity contribution is 5.91. The van der Waals surface area contributed by atoms with Gasteiger partial charge in [-0.2, -0.15) is 0 Å². The third-order valence-electron chi connectivity index (χ3n) is 4.15. The number of anilines is 1. The third kappa shape index (κ3) is 4.94. The van der Waals surface area contributed by atoms with Crippen molar-refractivity contribution in [3.05, 3.63) is 42.0 Å². The molecule has 29 heavy (non-hydrogen) atoms. The first kappa shape index (κ1) is 20.0. The number of oxime groups is 1. The molecule has 0 saturated carbocycles. The zero-order chi connectivity index (χ0) is 20.8. The van der Waals surface area contributed by atoms with Crippen LogP contribution in [-0.2, 0) is 16.2 Å². The molecule has 3 rings (SSSR count). The van der Waals surface area contributed by atoms with E-state index in [9.17, 15) is 9.18 Å². The molecule has 0 atom stereocenters. The number of halogens is 1. The molecule has 0 unspecified atom stereocenters. The lowest BCUT2D eigenvalue weighted by atomic mass is 10.1. The predicted octanol–water partition coefficient (Wildman–Crippen LogP) is 1.41. The van der Waals surface area contributed by atoms with E-state index >= 15 is 0 Å². The second-order valence-corrected chi connectivity index (χ2v) is 6.15. The van der Waals surface area contributed by atoms with E-state index < -0.39 is 17.9 Å². The molecule has 152 valence electrons. The average Bonchev–Trinajstić information content (AvgIpc) is 3.16. The first-order valence-corrected chi connectivity index (χ1v) is 8.68. The van der Waals surface area contributed by atoms with Crippen molar-refractivity contribution in [2.45, 2.75) is 13.0 Å². The van der Waals surface area contributed by atoms with E-state index in [0.29, 0.717) is 18.1 Å². The summed E-state index contributed by atoms with van der Waals surface area (Å²) in [5.74, 6) is -0.449. The number of aliphatic imine (C=N–C) groups is 1. The van der Waals surface area contributed by atoms with E-state index in [1.165, 1.54) is 13.2 Å². The Morgan fingerprint density at radius 3 is 2.76 bits per heavy atom. The van der Waals surface area contributed by atoms with Crippen molar-refractivity contribution >= 4 is 23.7 Å². The van der Waals surface area contributed by atoms with Gasteiger partial charge in [0.15, 0.2) is 5.96 Å². The molecule has 1 saturated heterocycles. The van der Waals surface area contributed by atoms with Crippen LogP contribution < -0.4 is 16.4 Å². The standard InChI is InChI=1S/C18H20FN7O3/c1-28-25-13-5-6-26(9-13)17-22-7-12(8-23-17)14-4-2-3-11(15(14)19)10-29-18(27)24-16(20)21/h2-4,7-8H,5-6,9-10H2,1H3,(H4,20,21,24,27)/b25-13+. The Labute approximate surface area is 166 Å². The molecule has 10 nitrogen and oxygen atoms in total. The van der Waals surface area contributed by atoms with Crippen LogP contribution >= 0.6 is 0 Å². The maximum absolute atomic E-state index is 14.8. The van der Waals surface area contributed by atoms with Gasteiger partial charge in [0.25, 0.3) is 0 Å². The van der Waals surface area contributed by atoms with Gasteiger partial charge >= 0.3 is 6.09 Å². The summed E-state index contributed by atoms with van der Waals surface area (Å²) >= 11 is 0. The first-order valence-electron chi connectivity index (χ1n) is 8.68. The normalized spacial score (nSPS) is 14.7. The third-order valence-corrected chi connectivity index (χ3v) is 4.15. The number of amides is 1. The van der Waals surface area contributed by atoms with E-state index in [-0.39, 0.29) is 17.7 Å². The van der Waals surface area contributed by atoms with Crippen LogP contribution in [0, 0.1) is 5.82 Å². The first-order chi connectivity index (χ1) is 14.0. The summed E-state index contributed by atoms with van der Waals surface area (Å²) in [7, 11) is 1.51. The van der Waals surface area contributed by atoms with Crippen molar-refractivity contribution in [1.29, 1.82) is 0 Å². The van der Waals surface area contributed by atoms with Crippen molar-refractivity contribution in [3.63, 3.8) is 0 Å². The van der Waals surface area contributed by atoms with Gasteiger partial charge in [-0.3, -0.25) is 0 Å². The molecule has 2 aromatic rings. The summed E-state index contributed by atoms with van der Waals surface area (Å²) in [6.45, 7) is 0.994. The summed E-state index contributed by atoms with van der Waals surface area (Å²) < 4.78 is 19.7. The Morgan fingerprint density at radius 1 is 1.31 bits per heavy atom. The van der Waals surface area contributed by atoms with Gasteiger partial charge in [-0.15, -0.1) is 4.99 Å². The molecule has 1 aliphatic rings. The van der Waals surface area contributed by atoms with Crippen LogP contribution in [0.25, 0.3) is 11.1 Å². The van der Waals surface area contributed by atoms with E-state index in [0.717, 1.165) is 18.7 Å². The second-order valence-electron chi connectivity index (χ2n) is 6.15. The highest BCUT2D eigenvalue weighted by Gasteiger charge is 2.21. The fraction of sp³-hybridized carbons (Fsp3) is 0.278. The van der Waals surface area contributed by atoms with Crippen molar-refractivity contribution < 1.29 is 18.8 Å². The van der Waals surface area contributed by atoms with Crippen LogP contribution in [0.1, 0.15) is 12.0 Å². The van der Waals surface area contributed by atoms with Gasteiger partial charge < -0.3 is 25.9 Å². The SMILES string of the molecule is CO/N=C1\CCN(c2ncc(-c3cccc(COC(=O)N=C(N)N)c3F)cn2)C1. The number of nitrogens with zero attached hydrogens (tertiary/aromatic N) is 5. The zero-order valence-corrected chi connectivity index (χ0v) is 15.7. The van der Waals surface area contributed by atoms with Crippen LogP contribution in [0.4, 0.5) is 15.1 Å². The van der Waals surface area contributed by atoms with Crippen molar-refractivity contribution in [1.82, 2.24) is 9.97 Å². The van der Waals surface area contributed by atoms with Crippen molar-refractivity contribution in [2.75, 3.05) is 25.1 Å². The quantitative estimate of drug-likeness (QED) is 0.435. The summed E-state index contributed by atoms with van der Waals surface area (Å²) in [6, 6.07) is 4.73. The topological polar surface area (TPSA) is 141 Å². The number of carbonyl (C=O) groups is 1. The maximum atomic E-state index is 14.8. The fourth-order valence-electron chi connectivity index (χ4n) is 2.83. The monoisotopic (exact) mass is 401 g/mol. The Morgan fingerprint density at radius 2 is 2.07 bits per heavy atom. The second kappa shape index (κ2) is 8.95. The summed E-state index contributed by atoms with van der Waals surface area (Å²) in [6.07, 6.45) is 2.86. The molecular formula is C18H20FN7O3. The Balaban J connectivity index is 1.73. The number of ether oxygens (including phenoxy) is 1. The summed E-state index contributed by atoms with van der Waals surface area (Å²) in [5, 5.41) is 3.94. The molecule has 0 spiro atoms. The average molecular weight is 401 g/mol. The molecule has 1 aromatic carbocycles. The van der Waals surface area contributed by atoms with Gasteiger partial charge in [0.05, 0.1) is 12.3 Å². The molecule has 1 aliphatic heterocycles. The lowest BCUT2D eigenvalue weighted by Crippen LogP contribution is -2.24. The number of hydrogen-bond acceptors (Lipinski definition) is 7. The van der Waals surface area contributed by atoms with Gasteiger partial charge in [0.2, 0.25) is 5.95 Å². The minimum absolute atomic E-state index is 0.172. The van der Waals surface area contributed by atoms with Crippen molar-refractivity contribution in [2.24, 2.45) is 21.6 Å². The molecule has 11 heteroatoms. The Bertz CT molecular complexity index is 943. The summed E-state index contributed by atoms with van der Waals surface area (Å²) in [5.41, 5.74) is 12.1. The number of aromatic nitrogens is 2. The number of nitrogens with two attached hydrogens (primary N) is 2. The molecule has 1 fully saturated rings. The van der Waals surface area contributed by atoms with Gasteiger partial charge in [-0.05, 0) is 0 Å². The van der Waals surface area contributed by atoms with Crippen LogP contribution in [0.15, 0.2) is 40.7 Å². The lowest BCUT2D eigenvalue weighted by molar-refractivity contribution is 0.149. The number of hydrogen-bond donors (Lipinski definition) is 2. The number of benzene rings is 1. The molecule has 0 bridgehead atoms. The largest absolute Gasteiger partial charge is 0.443 e. The van der Waals surface area contributed by atoms with Crippen LogP contribution in [0.3, 0.4) is 0 Å². The maximum Gasteiger partial charge on any atom is 0.437 e. The Hall–Kier alpha value is -3.76. The molecule has 2 heterocycles. The number of rotatable bonds is 5. The predicted molar refractivity (Wildman–Crippen MR) is 105 cm³/mol. The van der Waals surface area contributed by atoms with E-state index in [1.807, 2.05) is 4.90 Å². The van der Waals surface area contributed by atoms with Gasteiger partial charge in [0, 0.05) is 42.0 Å². The van der Waals surface area contributed by atoms with E-state index in [4.69, 9.17) is 21.0 Å². The minimum atomic E-state index is -0.996. The van der Waals surface area contributed by atoms with Crippen molar-refractivity contribution in [3.8, 4) is 11.1 Å². The lowest BCUT2D eigenvalue weighted by Gasteiger charge is -2.14. The molecule has 1 aromatic heterocycles. The molecule has 0 radical (unpaired) electrons. The fourth-order valence-corrected chi connectivity index (χ4v) is 2.83. The minimum Gasteiger partial charge on any atom is -0.443 e. The highest BCUT2D eigenvalue weighted by atomic mass is 19.1. The Kier molecular flexibility index (Phi) is 6.17. The smallest absolute Gasteiger partial charge is 0.437 e. The van der Waals surface area contributed by atoms with Gasteiger partial charge in [-0.25, -0.2) is 19.2 Å². The molecule has 4 N–H and O–H groups in total. The van der Waals surface area contributed by atoms with Gasteiger partial charge in [0.1, 0.15) is 19.5 Å². The van der Waals surface area contributed by atoms with E-state index in [2.05, 4.69) is 20.1 Å². The number of carbonyl (C=O) groups excluding carboxylic acids is 1. The van der Waals surface area contributed by atoms with Crippen LogP contribution in [0.2, 0.25) is 0 Å². The van der Waals surface area contributed by atoms with Crippen LogP contribution in [0.5, 0.6) is 0 Å².